The molecule has 1 unspecified atom stereocenters. The number of nitrogens with two attached hydrogens (primary N) is 1. The lowest BCUT2D eigenvalue weighted by molar-refractivity contribution is -0.139. The Bertz CT molecular complexity index is 607. The zero-order valence-electron chi connectivity index (χ0n) is 15.8. The smallest absolute Gasteiger partial charge is 0.222 e. The summed E-state index contributed by atoms with van der Waals surface area (Å²) in [4.78, 5) is 16.8. The van der Waals surface area contributed by atoms with Crippen LogP contribution in [0.15, 0.2) is 24.3 Å². The minimum absolute atomic E-state index is 0.155. The predicted molar refractivity (Wildman–Crippen MR) is 104 cm³/mol. The van der Waals surface area contributed by atoms with Gasteiger partial charge in [0, 0.05) is 44.6 Å². The number of benzene rings is 1. The van der Waals surface area contributed by atoms with Gasteiger partial charge in [-0.25, -0.2) is 0 Å². The van der Waals surface area contributed by atoms with Crippen molar-refractivity contribution >= 4 is 5.91 Å². The largest absolute Gasteiger partial charge is 0.396 e. The van der Waals surface area contributed by atoms with Crippen molar-refractivity contribution in [1.29, 1.82) is 0 Å². The van der Waals surface area contributed by atoms with Crippen molar-refractivity contribution in [1.82, 2.24) is 9.80 Å². The van der Waals surface area contributed by atoms with E-state index in [1.54, 1.807) is 0 Å². The normalized spacial score (nSPS) is 24.4. The van der Waals surface area contributed by atoms with Crippen LogP contribution in [0.5, 0.6) is 0 Å². The van der Waals surface area contributed by atoms with Crippen LogP contribution in [0.3, 0.4) is 0 Å². The Morgan fingerprint density at radius 1 is 1.19 bits per heavy atom. The van der Waals surface area contributed by atoms with E-state index in [1.807, 2.05) is 4.90 Å². The third-order valence-electron chi connectivity index (χ3n) is 5.91. The molecule has 3 N–H and O–H groups in total. The molecule has 0 saturated carbocycles. The predicted octanol–water partition coefficient (Wildman–Crippen LogP) is 1.77. The van der Waals surface area contributed by atoms with Gasteiger partial charge in [0.25, 0.3) is 0 Å². The van der Waals surface area contributed by atoms with E-state index in [-0.39, 0.29) is 17.9 Å². The highest BCUT2D eigenvalue weighted by atomic mass is 16.3. The Kier molecular flexibility index (Phi) is 6.68. The lowest BCUT2D eigenvalue weighted by atomic mass is 9.73. The molecule has 144 valence electrons. The van der Waals surface area contributed by atoms with E-state index in [1.165, 1.54) is 24.0 Å². The second-order valence-electron chi connectivity index (χ2n) is 8.07. The first-order valence-electron chi connectivity index (χ1n) is 10.0. The van der Waals surface area contributed by atoms with Gasteiger partial charge >= 0.3 is 0 Å². The van der Waals surface area contributed by atoms with Gasteiger partial charge in [-0.15, -0.1) is 0 Å². The van der Waals surface area contributed by atoms with E-state index in [9.17, 15) is 4.79 Å². The van der Waals surface area contributed by atoms with Crippen molar-refractivity contribution < 1.29 is 9.90 Å². The average Bonchev–Trinajstić information content (AvgIpc) is 2.64. The molecule has 1 amide bonds. The molecule has 1 aromatic rings. The van der Waals surface area contributed by atoms with Crippen LogP contribution in [0, 0.1) is 5.41 Å². The zero-order valence-corrected chi connectivity index (χ0v) is 15.8. The fourth-order valence-electron chi connectivity index (χ4n) is 4.65. The van der Waals surface area contributed by atoms with Crippen molar-refractivity contribution in [3.8, 4) is 0 Å². The van der Waals surface area contributed by atoms with Crippen LogP contribution in [0.2, 0.25) is 0 Å². The standard InChI is InChI=1S/C21H33N3O2/c22-10-7-18-4-1-5-19(14-18)15-23-11-2-8-21(16-23)9-6-20(26)24(17-21)12-3-13-25/h1,4-5,14,25H,2-3,6-13,15-17,22H2. The van der Waals surface area contributed by atoms with Crippen LogP contribution < -0.4 is 5.73 Å². The van der Waals surface area contributed by atoms with E-state index in [4.69, 9.17) is 10.8 Å². The summed E-state index contributed by atoms with van der Waals surface area (Å²) in [6.07, 6.45) is 5.68. The average molecular weight is 360 g/mol. The number of carbonyl (C=O) groups excluding carboxylic acids is 1. The molecule has 5 nitrogen and oxygen atoms in total. The third kappa shape index (κ3) is 4.84. The SMILES string of the molecule is NCCc1cccc(CN2CCCC3(CCC(=O)N(CCCO)C3)C2)c1. The monoisotopic (exact) mass is 359 g/mol. The first kappa shape index (κ1) is 19.3. The number of piperidine rings is 2. The molecule has 26 heavy (non-hydrogen) atoms. The Labute approximate surface area is 157 Å². The van der Waals surface area contributed by atoms with E-state index >= 15 is 0 Å². The molecular weight excluding hydrogens is 326 g/mol. The quantitative estimate of drug-likeness (QED) is 0.778. The summed E-state index contributed by atoms with van der Waals surface area (Å²) in [5.41, 5.74) is 8.59. The Morgan fingerprint density at radius 3 is 2.85 bits per heavy atom. The summed E-state index contributed by atoms with van der Waals surface area (Å²) in [5.74, 6) is 0.260. The molecule has 1 spiro atoms. The molecule has 1 atom stereocenters. The number of amides is 1. The summed E-state index contributed by atoms with van der Waals surface area (Å²) in [6, 6.07) is 8.78. The van der Waals surface area contributed by atoms with Crippen molar-refractivity contribution in [2.45, 2.75) is 45.1 Å². The molecule has 1 aromatic carbocycles. The first-order valence-corrected chi connectivity index (χ1v) is 10.0. The van der Waals surface area contributed by atoms with Crippen molar-refractivity contribution in [3.63, 3.8) is 0 Å². The van der Waals surface area contributed by atoms with Crippen LogP contribution >= 0.6 is 0 Å². The molecule has 2 aliphatic rings. The Balaban J connectivity index is 1.63. The molecule has 0 aliphatic carbocycles. The molecule has 5 heteroatoms. The lowest BCUT2D eigenvalue weighted by Gasteiger charge is -2.48. The zero-order chi connectivity index (χ0) is 18.4. The molecule has 0 bridgehead atoms. The minimum atomic E-state index is 0.155. The highest BCUT2D eigenvalue weighted by molar-refractivity contribution is 5.77. The maximum Gasteiger partial charge on any atom is 0.222 e. The van der Waals surface area contributed by atoms with E-state index in [2.05, 4.69) is 29.2 Å². The number of rotatable bonds is 7. The summed E-state index contributed by atoms with van der Waals surface area (Å²) in [6.45, 7) is 5.57. The second-order valence-corrected chi connectivity index (χ2v) is 8.07. The maximum absolute atomic E-state index is 12.2. The maximum atomic E-state index is 12.2. The molecular formula is C21H33N3O2. The lowest BCUT2D eigenvalue weighted by Crippen LogP contribution is -2.54. The van der Waals surface area contributed by atoms with Crippen LogP contribution in [-0.4, -0.2) is 60.1 Å². The number of hydrogen-bond donors (Lipinski definition) is 2. The Hall–Kier alpha value is -1.43. The van der Waals surface area contributed by atoms with Crippen molar-refractivity contribution in [2.75, 3.05) is 39.3 Å². The van der Waals surface area contributed by atoms with Gasteiger partial charge in [-0.3, -0.25) is 9.69 Å². The third-order valence-corrected chi connectivity index (χ3v) is 5.91. The van der Waals surface area contributed by atoms with Gasteiger partial charge in [-0.2, -0.15) is 0 Å². The molecule has 0 radical (unpaired) electrons. The van der Waals surface area contributed by atoms with Gasteiger partial charge in [-0.05, 0) is 56.3 Å². The van der Waals surface area contributed by atoms with Crippen LogP contribution in [0.25, 0.3) is 0 Å². The Morgan fingerprint density at radius 2 is 2.04 bits per heavy atom. The number of carbonyl (C=O) groups is 1. The van der Waals surface area contributed by atoms with Crippen LogP contribution in [0.4, 0.5) is 0 Å². The van der Waals surface area contributed by atoms with Gasteiger partial charge in [0.1, 0.15) is 0 Å². The molecule has 2 fully saturated rings. The molecule has 2 saturated heterocycles. The minimum Gasteiger partial charge on any atom is -0.396 e. The highest BCUT2D eigenvalue weighted by Crippen LogP contribution is 2.39. The molecule has 3 rings (SSSR count). The molecule has 2 aliphatic heterocycles. The van der Waals surface area contributed by atoms with Gasteiger partial charge in [-0.1, -0.05) is 24.3 Å². The number of hydrogen-bond acceptors (Lipinski definition) is 4. The van der Waals surface area contributed by atoms with E-state index in [0.29, 0.717) is 25.9 Å². The molecule has 2 heterocycles. The highest BCUT2D eigenvalue weighted by Gasteiger charge is 2.41. The van der Waals surface area contributed by atoms with Gasteiger partial charge in [0.15, 0.2) is 0 Å². The summed E-state index contributed by atoms with van der Waals surface area (Å²) in [7, 11) is 0. The number of aliphatic hydroxyl groups excluding tert-OH is 1. The van der Waals surface area contributed by atoms with Crippen LogP contribution in [-0.2, 0) is 17.8 Å². The molecule has 0 aromatic heterocycles. The fourth-order valence-corrected chi connectivity index (χ4v) is 4.65. The van der Waals surface area contributed by atoms with Gasteiger partial charge in [0.05, 0.1) is 0 Å². The first-order chi connectivity index (χ1) is 12.6. The van der Waals surface area contributed by atoms with Crippen LogP contribution in [0.1, 0.15) is 43.2 Å². The van der Waals surface area contributed by atoms with Crippen molar-refractivity contribution in [2.24, 2.45) is 11.1 Å². The number of likely N-dealkylation sites (tertiary alicyclic amines) is 2. The van der Waals surface area contributed by atoms with Gasteiger partial charge in [0.2, 0.25) is 5.91 Å². The number of aliphatic hydroxyl groups is 1. The summed E-state index contributed by atoms with van der Waals surface area (Å²) >= 11 is 0. The summed E-state index contributed by atoms with van der Waals surface area (Å²) < 4.78 is 0. The van der Waals surface area contributed by atoms with E-state index < -0.39 is 0 Å². The van der Waals surface area contributed by atoms with Crippen molar-refractivity contribution in [3.05, 3.63) is 35.4 Å². The summed E-state index contributed by atoms with van der Waals surface area (Å²) in [5, 5.41) is 9.10. The number of nitrogens with zero attached hydrogens (tertiary/aromatic N) is 2. The van der Waals surface area contributed by atoms with E-state index in [0.717, 1.165) is 39.0 Å². The fraction of sp³-hybridized carbons (Fsp3) is 0.667. The van der Waals surface area contributed by atoms with Gasteiger partial charge < -0.3 is 15.7 Å². The second kappa shape index (κ2) is 8.98. The topological polar surface area (TPSA) is 69.8 Å².